The Balaban J connectivity index is 5.29. The largest absolute Gasteiger partial charge is 0.472 e. The first-order valence-electron chi connectivity index (χ1n) is 41.5. The number of unbranched alkanes of at least 4 members (excludes halogenated alkanes) is 47. The molecule has 19 heteroatoms. The molecular weight excluding hydrogens is 1310 g/mol. The molecule has 0 spiro atoms. The number of hydrogen-bond acceptors (Lipinski definition) is 15. The lowest BCUT2D eigenvalue weighted by Gasteiger charge is -2.21. The normalized spacial score (nSPS) is 14.3. The van der Waals surface area contributed by atoms with Crippen LogP contribution < -0.4 is 0 Å². The van der Waals surface area contributed by atoms with Crippen molar-refractivity contribution in [1.82, 2.24) is 0 Å². The van der Waals surface area contributed by atoms with Gasteiger partial charge in [0.25, 0.3) is 0 Å². The van der Waals surface area contributed by atoms with E-state index in [1.54, 1.807) is 0 Å². The minimum absolute atomic E-state index is 0.102. The smallest absolute Gasteiger partial charge is 0.462 e. The summed E-state index contributed by atoms with van der Waals surface area (Å²) in [6.45, 7) is 7.27. The summed E-state index contributed by atoms with van der Waals surface area (Å²) in [6.07, 6.45) is 67.3. The van der Waals surface area contributed by atoms with E-state index in [2.05, 4.69) is 58.9 Å². The highest BCUT2D eigenvalue weighted by molar-refractivity contribution is 7.47. The molecule has 0 aliphatic rings. The molecule has 6 atom stereocenters. The lowest BCUT2D eigenvalue weighted by molar-refractivity contribution is -0.161. The quantitative estimate of drug-likeness (QED) is 0.0169. The third-order valence-electron chi connectivity index (χ3n) is 18.8. The maximum absolute atomic E-state index is 13.1. The van der Waals surface area contributed by atoms with Crippen LogP contribution in [0.1, 0.15) is 407 Å². The van der Waals surface area contributed by atoms with Gasteiger partial charge in [-0.2, -0.15) is 0 Å². The second-order valence-corrected chi connectivity index (χ2v) is 31.6. The van der Waals surface area contributed by atoms with Crippen molar-refractivity contribution in [2.75, 3.05) is 39.6 Å². The summed E-state index contributed by atoms with van der Waals surface area (Å²) >= 11 is 0. The Bertz CT molecular complexity index is 2010. The molecule has 0 aromatic rings. The van der Waals surface area contributed by atoms with E-state index in [1.807, 2.05) is 0 Å². The van der Waals surface area contributed by atoms with E-state index in [0.717, 1.165) is 115 Å². The number of rotatable bonds is 79. The van der Waals surface area contributed by atoms with Crippen molar-refractivity contribution in [1.29, 1.82) is 0 Å². The molecule has 0 radical (unpaired) electrons. The van der Waals surface area contributed by atoms with Gasteiger partial charge in [-0.15, -0.1) is 0 Å². The molecule has 0 bridgehead atoms. The molecule has 0 heterocycles. The highest BCUT2D eigenvalue weighted by Crippen LogP contribution is 2.45. The van der Waals surface area contributed by atoms with Crippen LogP contribution in [0.5, 0.6) is 0 Å². The molecule has 0 saturated carbocycles. The molecule has 0 aromatic carbocycles. The Labute approximate surface area is 612 Å². The maximum atomic E-state index is 13.1. The van der Waals surface area contributed by atoms with E-state index in [4.69, 9.17) is 37.0 Å². The van der Waals surface area contributed by atoms with Gasteiger partial charge in [-0.25, -0.2) is 9.13 Å². The molecule has 0 fully saturated rings. The van der Waals surface area contributed by atoms with E-state index < -0.39 is 97.5 Å². The zero-order valence-corrected chi connectivity index (χ0v) is 66.6. The number of carbonyl (C=O) groups excluding carboxylic acids is 4. The molecular formula is C81H154O17P2. The van der Waals surface area contributed by atoms with Gasteiger partial charge in [0.05, 0.1) is 26.4 Å². The van der Waals surface area contributed by atoms with Gasteiger partial charge in [-0.1, -0.05) is 354 Å². The second-order valence-electron chi connectivity index (χ2n) is 28.7. The van der Waals surface area contributed by atoms with Crippen molar-refractivity contribution in [3.8, 4) is 0 Å². The lowest BCUT2D eigenvalue weighted by Crippen LogP contribution is -2.30. The number of esters is 4. The van der Waals surface area contributed by atoms with Crippen LogP contribution in [0.25, 0.3) is 0 Å². The SMILES string of the molecule is CCCCCC/C=C\C=C/CCCCCCCC(=O)OC[C@H](COP(=O)(O)OC[C@@H](O)COP(=O)(O)OC[C@@H](COC(=O)CCCCCCCCCCC(C)CC)OC(=O)CCCCCCCCCCCCCCCC)OC(=O)CCCCCCCCCCCCCCCCCCCCC. The maximum Gasteiger partial charge on any atom is 0.472 e. The number of phosphoric ester groups is 2. The Morgan fingerprint density at radius 1 is 0.320 bits per heavy atom. The van der Waals surface area contributed by atoms with E-state index in [0.29, 0.717) is 25.7 Å². The van der Waals surface area contributed by atoms with Crippen LogP contribution in [-0.2, 0) is 65.4 Å². The summed E-state index contributed by atoms with van der Waals surface area (Å²) in [5.74, 6) is -1.36. The molecule has 3 unspecified atom stereocenters. The third kappa shape index (κ3) is 72.5. The summed E-state index contributed by atoms with van der Waals surface area (Å²) in [4.78, 5) is 73.0. The van der Waals surface area contributed by atoms with E-state index in [-0.39, 0.29) is 25.7 Å². The first-order valence-corrected chi connectivity index (χ1v) is 44.5. The number of carbonyl (C=O) groups is 4. The van der Waals surface area contributed by atoms with Crippen molar-refractivity contribution in [2.45, 2.75) is 425 Å². The average Bonchev–Trinajstić information content (AvgIpc) is 0.935. The number of aliphatic hydroxyl groups excluding tert-OH is 1. The molecule has 0 saturated heterocycles. The number of phosphoric acid groups is 2. The fourth-order valence-corrected chi connectivity index (χ4v) is 13.6. The van der Waals surface area contributed by atoms with Gasteiger partial charge in [0.15, 0.2) is 12.2 Å². The average molecular weight is 1460 g/mol. The first kappa shape index (κ1) is 97.5. The summed E-state index contributed by atoms with van der Waals surface area (Å²) in [6, 6.07) is 0. The Hall–Kier alpha value is -2.46. The van der Waals surface area contributed by atoms with Crippen LogP contribution in [-0.4, -0.2) is 96.7 Å². The van der Waals surface area contributed by atoms with Crippen LogP contribution in [0.4, 0.5) is 0 Å². The molecule has 0 rings (SSSR count). The Morgan fingerprint density at radius 3 is 0.850 bits per heavy atom. The monoisotopic (exact) mass is 1460 g/mol. The first-order chi connectivity index (χ1) is 48.6. The van der Waals surface area contributed by atoms with Crippen LogP contribution in [0.2, 0.25) is 0 Å². The summed E-state index contributed by atoms with van der Waals surface area (Å²) in [5, 5.41) is 10.6. The van der Waals surface area contributed by atoms with Crippen LogP contribution >= 0.6 is 15.6 Å². The van der Waals surface area contributed by atoms with Gasteiger partial charge < -0.3 is 33.8 Å². The van der Waals surface area contributed by atoms with Crippen molar-refractivity contribution >= 4 is 39.5 Å². The minimum Gasteiger partial charge on any atom is -0.462 e. The highest BCUT2D eigenvalue weighted by Gasteiger charge is 2.30. The van der Waals surface area contributed by atoms with Gasteiger partial charge in [0, 0.05) is 25.7 Å². The van der Waals surface area contributed by atoms with Gasteiger partial charge in [-0.05, 0) is 57.3 Å². The molecule has 0 aromatic heterocycles. The summed E-state index contributed by atoms with van der Waals surface area (Å²) in [5.41, 5.74) is 0. The lowest BCUT2D eigenvalue weighted by atomic mass is 9.99. The molecule has 17 nitrogen and oxygen atoms in total. The van der Waals surface area contributed by atoms with E-state index in [1.165, 1.54) is 212 Å². The number of ether oxygens (including phenoxy) is 4. The minimum atomic E-state index is -4.97. The fourth-order valence-electron chi connectivity index (χ4n) is 12.0. The molecule has 3 N–H and O–H groups in total. The van der Waals surface area contributed by atoms with Crippen molar-refractivity contribution in [3.63, 3.8) is 0 Å². The van der Waals surface area contributed by atoms with Crippen LogP contribution in [0.15, 0.2) is 24.3 Å². The van der Waals surface area contributed by atoms with E-state index >= 15 is 0 Å². The fraction of sp³-hybridized carbons (Fsp3) is 0.901. The standard InChI is InChI=1S/C81H154O17P2/c1-6-10-13-16-19-22-25-28-31-32-33-34-36-39-42-45-52-57-62-67-81(86)97-76(70-91-78(83)64-59-54-49-43-40-38-35-29-26-23-20-17-14-11-7-2)72-95-99(87,88)93-68-75(82)69-94-100(89,90)96-73-77(71-92-79(84)65-60-55-50-47-46-48-53-58-63-74(5)9-4)98-80(85)66-61-56-51-44-41-37-30-27-24-21-18-15-12-8-3/h23,26,29,35,74-77,82H,6-22,24-25,27-28,30-34,36-73H2,1-5H3,(H,87,88)(H,89,90)/b26-23-,35-29-/t74?,75-,76-,77-/m1/s1. The second kappa shape index (κ2) is 73.4. The number of allylic oxidation sites excluding steroid dienone is 4. The molecule has 0 aliphatic carbocycles. The number of aliphatic hydroxyl groups is 1. The zero-order valence-electron chi connectivity index (χ0n) is 64.8. The van der Waals surface area contributed by atoms with Gasteiger partial charge in [0.1, 0.15) is 19.3 Å². The highest BCUT2D eigenvalue weighted by atomic mass is 31.2. The van der Waals surface area contributed by atoms with Crippen molar-refractivity contribution in [2.24, 2.45) is 5.92 Å². The molecule has 0 aliphatic heterocycles. The van der Waals surface area contributed by atoms with Crippen LogP contribution in [0.3, 0.4) is 0 Å². The molecule has 100 heavy (non-hydrogen) atoms. The Morgan fingerprint density at radius 2 is 0.560 bits per heavy atom. The summed E-state index contributed by atoms with van der Waals surface area (Å²) in [7, 11) is -9.93. The molecule has 590 valence electrons. The topological polar surface area (TPSA) is 237 Å². The van der Waals surface area contributed by atoms with Gasteiger partial charge >= 0.3 is 39.5 Å². The predicted octanol–water partition coefficient (Wildman–Crippen LogP) is 24.0. The summed E-state index contributed by atoms with van der Waals surface area (Å²) < 4.78 is 68.7. The van der Waals surface area contributed by atoms with Crippen molar-refractivity contribution in [3.05, 3.63) is 24.3 Å². The predicted molar refractivity (Wildman–Crippen MR) is 409 cm³/mol. The number of hydrogen-bond donors (Lipinski definition) is 3. The van der Waals surface area contributed by atoms with E-state index in [9.17, 15) is 43.2 Å². The van der Waals surface area contributed by atoms with Crippen LogP contribution in [0, 0.1) is 5.92 Å². The molecule has 0 amide bonds. The zero-order chi connectivity index (χ0) is 73.4. The third-order valence-corrected chi connectivity index (χ3v) is 20.7. The Kier molecular flexibility index (Phi) is 71.6. The van der Waals surface area contributed by atoms with Crippen molar-refractivity contribution < 1.29 is 80.2 Å². The van der Waals surface area contributed by atoms with Gasteiger partial charge in [0.2, 0.25) is 0 Å². The van der Waals surface area contributed by atoms with Gasteiger partial charge in [-0.3, -0.25) is 37.3 Å².